The minimum atomic E-state index is -0.887. The molecule has 21 heavy (non-hydrogen) atoms. The van der Waals surface area contributed by atoms with E-state index in [4.69, 9.17) is 4.74 Å². The molecule has 0 spiro atoms. The maximum absolute atomic E-state index is 14.0. The Morgan fingerprint density at radius 1 is 1.14 bits per heavy atom. The third-order valence-corrected chi connectivity index (χ3v) is 3.98. The van der Waals surface area contributed by atoms with Crippen molar-refractivity contribution in [1.82, 2.24) is 4.90 Å². The summed E-state index contributed by atoms with van der Waals surface area (Å²) in [5.41, 5.74) is -0.746. The second-order valence-electron chi connectivity index (χ2n) is 5.23. The molecule has 2 heterocycles. The number of non-ortho nitro benzene ring substituents is 1. The number of halogens is 2. The summed E-state index contributed by atoms with van der Waals surface area (Å²) >= 11 is 0. The number of hydrogen-bond acceptors (Lipinski definition) is 5. The van der Waals surface area contributed by atoms with Gasteiger partial charge in [-0.25, -0.2) is 8.78 Å². The van der Waals surface area contributed by atoms with Crippen molar-refractivity contribution in [3.05, 3.63) is 33.9 Å². The quantitative estimate of drug-likeness (QED) is 0.623. The van der Waals surface area contributed by atoms with Crippen molar-refractivity contribution < 1.29 is 18.4 Å². The first-order valence-corrected chi connectivity index (χ1v) is 6.76. The smallest absolute Gasteiger partial charge is 0.275 e. The van der Waals surface area contributed by atoms with Crippen molar-refractivity contribution in [2.45, 2.75) is 6.04 Å². The van der Waals surface area contributed by atoms with Gasteiger partial charge in [0.1, 0.15) is 5.69 Å². The van der Waals surface area contributed by atoms with E-state index in [9.17, 15) is 18.9 Å². The Morgan fingerprint density at radius 2 is 1.71 bits per heavy atom. The summed E-state index contributed by atoms with van der Waals surface area (Å²) in [7, 11) is 0. The zero-order chi connectivity index (χ0) is 15.0. The van der Waals surface area contributed by atoms with Crippen LogP contribution in [-0.2, 0) is 4.74 Å². The third-order valence-electron chi connectivity index (χ3n) is 3.98. The van der Waals surface area contributed by atoms with E-state index in [1.807, 2.05) is 0 Å². The van der Waals surface area contributed by atoms with E-state index in [0.29, 0.717) is 45.4 Å². The van der Waals surface area contributed by atoms with Crippen LogP contribution in [0.5, 0.6) is 0 Å². The summed E-state index contributed by atoms with van der Waals surface area (Å²) in [6.45, 7) is 3.79. The van der Waals surface area contributed by atoms with Crippen LogP contribution in [0.25, 0.3) is 0 Å². The van der Waals surface area contributed by atoms with Crippen LogP contribution in [0.3, 0.4) is 0 Å². The van der Waals surface area contributed by atoms with Gasteiger partial charge in [-0.15, -0.1) is 0 Å². The molecule has 0 N–H and O–H groups in total. The number of ether oxygens (including phenoxy) is 1. The van der Waals surface area contributed by atoms with Gasteiger partial charge in [-0.2, -0.15) is 0 Å². The normalized spacial score (nSPS) is 20.4. The first kappa shape index (κ1) is 14.2. The lowest BCUT2D eigenvalue weighted by Gasteiger charge is -2.43. The third kappa shape index (κ3) is 2.68. The molecule has 0 atom stereocenters. The Morgan fingerprint density at radius 3 is 2.14 bits per heavy atom. The Kier molecular flexibility index (Phi) is 3.73. The largest absolute Gasteiger partial charge is 0.378 e. The number of nitro groups is 1. The molecule has 2 saturated heterocycles. The molecular weight excluding hydrogens is 284 g/mol. The van der Waals surface area contributed by atoms with Crippen molar-refractivity contribution in [1.29, 1.82) is 0 Å². The molecule has 0 aromatic heterocycles. The summed E-state index contributed by atoms with van der Waals surface area (Å²) in [6.07, 6.45) is 0. The molecule has 0 amide bonds. The van der Waals surface area contributed by atoms with E-state index < -0.39 is 22.2 Å². The van der Waals surface area contributed by atoms with Crippen LogP contribution in [0.2, 0.25) is 0 Å². The maximum atomic E-state index is 14.0. The molecule has 0 aliphatic carbocycles. The van der Waals surface area contributed by atoms with Crippen molar-refractivity contribution in [3.8, 4) is 0 Å². The Labute approximate surface area is 120 Å². The van der Waals surface area contributed by atoms with Gasteiger partial charge in [0.2, 0.25) is 0 Å². The van der Waals surface area contributed by atoms with Crippen molar-refractivity contribution in [2.75, 3.05) is 44.3 Å². The van der Waals surface area contributed by atoms with Gasteiger partial charge < -0.3 is 9.64 Å². The topological polar surface area (TPSA) is 58.9 Å². The standard InChI is InChI=1S/C13H15F2N3O3/c14-11-5-9(18(19)20)6-12(15)13(11)17-3-1-16(2-4-17)10-7-21-8-10/h5-6,10H,1-4,7-8H2. The van der Waals surface area contributed by atoms with E-state index in [2.05, 4.69) is 4.90 Å². The average molecular weight is 299 g/mol. The van der Waals surface area contributed by atoms with E-state index in [1.165, 1.54) is 0 Å². The number of hydrogen-bond donors (Lipinski definition) is 0. The first-order chi connectivity index (χ1) is 10.1. The zero-order valence-electron chi connectivity index (χ0n) is 11.3. The highest BCUT2D eigenvalue weighted by Crippen LogP contribution is 2.29. The van der Waals surface area contributed by atoms with Gasteiger partial charge in [0, 0.05) is 26.2 Å². The van der Waals surface area contributed by atoms with Gasteiger partial charge in [0.25, 0.3) is 5.69 Å². The molecule has 6 nitrogen and oxygen atoms in total. The molecule has 3 rings (SSSR count). The van der Waals surface area contributed by atoms with Gasteiger partial charge in [0.05, 0.1) is 36.3 Å². The van der Waals surface area contributed by atoms with Crippen LogP contribution in [0, 0.1) is 21.7 Å². The Balaban J connectivity index is 1.74. The lowest BCUT2D eigenvalue weighted by atomic mass is 10.1. The lowest BCUT2D eigenvalue weighted by Crippen LogP contribution is -2.56. The van der Waals surface area contributed by atoms with E-state index in [0.717, 1.165) is 12.1 Å². The van der Waals surface area contributed by atoms with Crippen molar-refractivity contribution in [2.24, 2.45) is 0 Å². The molecule has 1 aromatic carbocycles. The summed E-state index contributed by atoms with van der Waals surface area (Å²) in [5.74, 6) is -1.77. The number of piperazine rings is 1. The molecule has 0 saturated carbocycles. The van der Waals surface area contributed by atoms with E-state index in [1.54, 1.807) is 4.90 Å². The summed E-state index contributed by atoms with van der Waals surface area (Å²) < 4.78 is 33.1. The van der Waals surface area contributed by atoms with Gasteiger partial charge in [0.15, 0.2) is 11.6 Å². The fraction of sp³-hybridized carbons (Fsp3) is 0.538. The van der Waals surface area contributed by atoms with Crippen LogP contribution >= 0.6 is 0 Å². The van der Waals surface area contributed by atoms with Gasteiger partial charge in [-0.05, 0) is 0 Å². The average Bonchev–Trinajstić information content (AvgIpc) is 2.37. The molecule has 0 bridgehead atoms. The van der Waals surface area contributed by atoms with Crippen LogP contribution in [0.1, 0.15) is 0 Å². The van der Waals surface area contributed by atoms with Crippen LogP contribution in [-0.4, -0.2) is 55.3 Å². The number of benzene rings is 1. The molecule has 2 fully saturated rings. The fourth-order valence-corrected chi connectivity index (χ4v) is 2.70. The zero-order valence-corrected chi connectivity index (χ0v) is 11.3. The highest BCUT2D eigenvalue weighted by atomic mass is 19.1. The fourth-order valence-electron chi connectivity index (χ4n) is 2.70. The molecule has 2 aliphatic heterocycles. The number of nitro benzene ring substituents is 1. The van der Waals surface area contributed by atoms with Gasteiger partial charge in [-0.1, -0.05) is 0 Å². The molecular formula is C13H15F2N3O3. The lowest BCUT2D eigenvalue weighted by molar-refractivity contribution is -0.385. The van der Waals surface area contributed by atoms with Crippen LogP contribution in [0.15, 0.2) is 12.1 Å². The number of anilines is 1. The molecule has 2 aliphatic rings. The molecule has 1 aromatic rings. The minimum Gasteiger partial charge on any atom is -0.378 e. The van der Waals surface area contributed by atoms with Crippen LogP contribution < -0.4 is 4.90 Å². The predicted octanol–water partition coefficient (Wildman–Crippen LogP) is 1.39. The monoisotopic (exact) mass is 299 g/mol. The summed E-state index contributed by atoms with van der Waals surface area (Å²) in [5, 5.41) is 10.6. The molecule has 0 radical (unpaired) electrons. The Bertz CT molecular complexity index is 535. The van der Waals surface area contributed by atoms with Crippen molar-refractivity contribution >= 4 is 11.4 Å². The van der Waals surface area contributed by atoms with E-state index in [-0.39, 0.29) is 5.69 Å². The summed E-state index contributed by atoms with van der Waals surface area (Å²) in [4.78, 5) is 13.6. The predicted molar refractivity (Wildman–Crippen MR) is 71.4 cm³/mol. The van der Waals surface area contributed by atoms with Gasteiger partial charge in [-0.3, -0.25) is 15.0 Å². The summed E-state index contributed by atoms with van der Waals surface area (Å²) in [6, 6.07) is 1.94. The SMILES string of the molecule is O=[N+]([O-])c1cc(F)c(N2CCN(C3COC3)CC2)c(F)c1. The molecule has 8 heteroatoms. The second kappa shape index (κ2) is 5.53. The van der Waals surface area contributed by atoms with E-state index >= 15 is 0 Å². The Hall–Kier alpha value is -1.80. The first-order valence-electron chi connectivity index (χ1n) is 6.76. The van der Waals surface area contributed by atoms with Gasteiger partial charge >= 0.3 is 0 Å². The number of nitrogens with zero attached hydrogens (tertiary/aromatic N) is 3. The maximum Gasteiger partial charge on any atom is 0.275 e. The molecule has 0 unspecified atom stereocenters. The van der Waals surface area contributed by atoms with Crippen molar-refractivity contribution in [3.63, 3.8) is 0 Å². The minimum absolute atomic E-state index is 0.176. The highest BCUT2D eigenvalue weighted by molar-refractivity contribution is 5.54. The number of rotatable bonds is 3. The molecule has 114 valence electrons. The van der Waals surface area contributed by atoms with Crippen LogP contribution in [0.4, 0.5) is 20.2 Å². The second-order valence-corrected chi connectivity index (χ2v) is 5.23. The highest BCUT2D eigenvalue weighted by Gasteiger charge is 2.31.